The molecule has 8 atom stereocenters. The van der Waals surface area contributed by atoms with E-state index >= 15 is 0 Å². The lowest BCUT2D eigenvalue weighted by atomic mass is 9.77. The van der Waals surface area contributed by atoms with Gasteiger partial charge in [0, 0.05) is 4.75 Å². The average Bonchev–Trinajstić information content (AvgIpc) is 3.50. The summed E-state index contributed by atoms with van der Waals surface area (Å²) >= 11 is 1.18. The zero-order chi connectivity index (χ0) is 27.5. The minimum Gasteiger partial charge on any atom is -0.392 e. The second kappa shape index (κ2) is 9.89. The molecule has 11 nitrogen and oxygen atoms in total. The molecule has 2 aliphatic heterocycles. The molecule has 0 spiro atoms. The van der Waals surface area contributed by atoms with Crippen LogP contribution in [0.15, 0.2) is 30.6 Å². The molecule has 2 aromatic heterocycles. The van der Waals surface area contributed by atoms with Gasteiger partial charge in [-0.05, 0) is 65.0 Å². The third kappa shape index (κ3) is 4.68. The van der Waals surface area contributed by atoms with E-state index in [0.717, 1.165) is 12.0 Å². The maximum Gasteiger partial charge on any atom is 0.247 e. The van der Waals surface area contributed by atoms with Gasteiger partial charge >= 0.3 is 0 Å². The number of ether oxygens (including phenoxy) is 3. The van der Waals surface area contributed by atoms with Gasteiger partial charge in [0.15, 0.2) is 11.6 Å². The van der Waals surface area contributed by atoms with Crippen LogP contribution < -0.4 is 5.73 Å². The van der Waals surface area contributed by atoms with Crippen molar-refractivity contribution in [2.75, 3.05) is 12.3 Å². The van der Waals surface area contributed by atoms with Crippen molar-refractivity contribution in [2.24, 2.45) is 5.92 Å². The van der Waals surface area contributed by atoms with E-state index in [0.29, 0.717) is 24.1 Å². The Morgan fingerprint density at radius 2 is 2.16 bits per heavy atom. The highest BCUT2D eigenvalue weighted by molar-refractivity contribution is 8.51. The Hall–Kier alpha value is -1.97. The van der Waals surface area contributed by atoms with Crippen LogP contribution >= 0.6 is 18.6 Å². The van der Waals surface area contributed by atoms with Gasteiger partial charge in [-0.25, -0.2) is 9.50 Å². The van der Waals surface area contributed by atoms with E-state index in [1.54, 1.807) is 26.0 Å². The molecule has 2 aromatic rings. The maximum atomic E-state index is 13.1. The van der Waals surface area contributed by atoms with Gasteiger partial charge < -0.3 is 29.6 Å². The molecule has 2 saturated heterocycles. The molecule has 1 saturated carbocycles. The lowest BCUT2D eigenvalue weighted by Crippen LogP contribution is -2.41. The molecule has 0 bridgehead atoms. The summed E-state index contributed by atoms with van der Waals surface area (Å²) in [6.07, 6.45) is 0.676. The van der Waals surface area contributed by atoms with Crippen LogP contribution in [0, 0.1) is 17.2 Å². The number of nitrogens with two attached hydrogens (primary N) is 1. The van der Waals surface area contributed by atoms with Crippen LogP contribution in [0.2, 0.25) is 0 Å². The van der Waals surface area contributed by atoms with E-state index in [1.165, 1.54) is 22.2 Å². The van der Waals surface area contributed by atoms with E-state index in [9.17, 15) is 14.9 Å². The van der Waals surface area contributed by atoms with Gasteiger partial charge in [-0.15, -0.1) is 0 Å². The van der Waals surface area contributed by atoms with Crippen LogP contribution in [-0.2, 0) is 28.9 Å². The summed E-state index contributed by atoms with van der Waals surface area (Å²) in [5, 5.41) is 25.5. The molecule has 5 rings (SSSR count). The zero-order valence-electron chi connectivity index (χ0n) is 21.9. The molecule has 206 valence electrons. The monoisotopic (exact) mass is 563 g/mol. The van der Waals surface area contributed by atoms with Gasteiger partial charge in [0.1, 0.15) is 36.2 Å². The van der Waals surface area contributed by atoms with Crippen molar-refractivity contribution >= 4 is 29.9 Å². The summed E-state index contributed by atoms with van der Waals surface area (Å²) in [6.45, 7) is 11.4. The van der Waals surface area contributed by atoms with Crippen LogP contribution in [0.4, 0.5) is 5.82 Å². The van der Waals surface area contributed by atoms with Crippen LogP contribution in [0.5, 0.6) is 0 Å². The molecular weight excluding hydrogens is 529 g/mol. The SMILES string of the molecule is C=C(C)[C@H]1CC[C@@](C)(S[PH](=O)OC[C@H]2O[C@@](C#N)(c3ccc4c(N)ncnn34)[C@@H]3OC(C)(C)O[C@@H]32)[C@H](O)C1. The van der Waals surface area contributed by atoms with Gasteiger partial charge in [-0.1, -0.05) is 23.5 Å². The molecule has 13 heteroatoms. The maximum absolute atomic E-state index is 13.1. The van der Waals surface area contributed by atoms with Crippen molar-refractivity contribution < 1.29 is 28.4 Å². The molecule has 0 aromatic carbocycles. The molecule has 1 unspecified atom stereocenters. The number of anilines is 1. The second-order valence-corrected chi connectivity index (χ2v) is 14.5. The molecule has 0 radical (unpaired) electrons. The lowest BCUT2D eigenvalue weighted by molar-refractivity contribution is -0.203. The number of hydrogen-bond acceptors (Lipinski definition) is 11. The molecule has 3 N–H and O–H groups in total. The smallest absolute Gasteiger partial charge is 0.247 e. The third-order valence-electron chi connectivity index (χ3n) is 7.84. The van der Waals surface area contributed by atoms with Crippen molar-refractivity contribution in [2.45, 2.75) is 87.5 Å². The van der Waals surface area contributed by atoms with Gasteiger partial charge in [-0.2, -0.15) is 10.4 Å². The number of aliphatic hydroxyl groups excluding tert-OH is 1. The first-order valence-corrected chi connectivity index (χ1v) is 15.5. The topological polar surface area (TPSA) is 154 Å². The van der Waals surface area contributed by atoms with Crippen molar-refractivity contribution in [1.82, 2.24) is 14.6 Å². The largest absolute Gasteiger partial charge is 0.392 e. The van der Waals surface area contributed by atoms with Crippen molar-refractivity contribution in [3.63, 3.8) is 0 Å². The highest BCUT2D eigenvalue weighted by atomic mass is 32.7. The van der Waals surface area contributed by atoms with Crippen LogP contribution in [-0.4, -0.2) is 61.3 Å². The number of hydrogen-bond donors (Lipinski definition) is 2. The van der Waals surface area contributed by atoms with Crippen LogP contribution in [0.25, 0.3) is 5.52 Å². The van der Waals surface area contributed by atoms with E-state index < -0.39 is 47.8 Å². The predicted octanol–water partition coefficient (Wildman–Crippen LogP) is 3.58. The number of nitrogen functional groups attached to an aromatic ring is 1. The number of aromatic nitrogens is 3. The average molecular weight is 564 g/mol. The number of nitriles is 1. The first kappa shape index (κ1) is 27.6. The summed E-state index contributed by atoms with van der Waals surface area (Å²) in [7, 11) is -2.61. The fourth-order valence-electron chi connectivity index (χ4n) is 5.67. The fourth-order valence-corrected chi connectivity index (χ4v) is 9.09. The molecular formula is C25H34N5O6PS. The first-order chi connectivity index (χ1) is 17.9. The third-order valence-corrected chi connectivity index (χ3v) is 11.6. The number of nitrogens with zero attached hydrogens (tertiary/aromatic N) is 4. The van der Waals surface area contributed by atoms with Crippen molar-refractivity contribution in [3.8, 4) is 6.07 Å². The minimum absolute atomic E-state index is 0.0736. The minimum atomic E-state index is -2.61. The molecule has 38 heavy (non-hydrogen) atoms. The summed E-state index contributed by atoms with van der Waals surface area (Å²) in [5.41, 5.74) is 6.44. The summed E-state index contributed by atoms with van der Waals surface area (Å²) < 4.78 is 38.5. The zero-order valence-corrected chi connectivity index (χ0v) is 23.7. The summed E-state index contributed by atoms with van der Waals surface area (Å²) in [5.74, 6) is -0.445. The number of rotatable bonds is 7. The number of aliphatic hydroxyl groups is 1. The van der Waals surface area contributed by atoms with E-state index in [-0.39, 0.29) is 18.3 Å². The Balaban J connectivity index is 1.34. The molecule has 3 fully saturated rings. The summed E-state index contributed by atoms with van der Waals surface area (Å²) in [6, 6.07) is 5.72. The molecule has 0 amide bonds. The lowest BCUT2D eigenvalue weighted by Gasteiger charge is -2.41. The fraction of sp³-hybridized carbons (Fsp3) is 0.640. The van der Waals surface area contributed by atoms with Crippen LogP contribution in [0.1, 0.15) is 52.7 Å². The van der Waals surface area contributed by atoms with E-state index in [4.69, 9.17) is 24.5 Å². The van der Waals surface area contributed by atoms with Gasteiger partial charge in [0.25, 0.3) is 0 Å². The number of allylic oxidation sites excluding steroid dienone is 1. The Morgan fingerprint density at radius 3 is 2.84 bits per heavy atom. The Bertz CT molecular complexity index is 1310. The standard InChI is InChI=1S/C25H34N5O6PS/c1-14(2)15-8-9-24(5,19(31)10-15)38-37(32)33-11-17-20-21(36-23(3,4)35-20)25(12-26,34-17)18-7-6-16-22(27)28-13-29-30(16)18/h6-7,13,15,17,19-21,31,37H,1,8-11H2,2-5H3,(H2,27,28,29)/t15-,17+,19+,20+,21+,24+,25-/m0/s1. The summed E-state index contributed by atoms with van der Waals surface area (Å²) in [4.78, 5) is 4.01. The highest BCUT2D eigenvalue weighted by Gasteiger charge is 2.65. The molecule has 4 heterocycles. The Kier molecular flexibility index (Phi) is 7.18. The van der Waals surface area contributed by atoms with Gasteiger partial charge in [0.05, 0.1) is 18.4 Å². The normalized spacial score (nSPS) is 37.1. The Labute approximate surface area is 226 Å². The van der Waals surface area contributed by atoms with Crippen molar-refractivity contribution in [1.29, 1.82) is 5.26 Å². The van der Waals surface area contributed by atoms with E-state index in [2.05, 4.69) is 22.7 Å². The quantitative estimate of drug-likeness (QED) is 0.375. The molecule has 3 aliphatic rings. The highest BCUT2D eigenvalue weighted by Crippen LogP contribution is 2.56. The van der Waals surface area contributed by atoms with Crippen LogP contribution in [0.3, 0.4) is 0 Å². The first-order valence-electron chi connectivity index (χ1n) is 12.6. The number of fused-ring (bicyclic) bond motifs is 2. The van der Waals surface area contributed by atoms with Gasteiger partial charge in [-0.3, -0.25) is 4.57 Å². The van der Waals surface area contributed by atoms with Gasteiger partial charge in [0.2, 0.25) is 12.8 Å². The predicted molar refractivity (Wildman–Crippen MR) is 142 cm³/mol. The van der Waals surface area contributed by atoms with E-state index in [1.807, 2.05) is 13.8 Å². The van der Waals surface area contributed by atoms with Crippen molar-refractivity contribution in [3.05, 3.63) is 36.3 Å². The molecule has 1 aliphatic carbocycles. The Morgan fingerprint density at radius 1 is 1.39 bits per heavy atom. The second-order valence-electron chi connectivity index (χ2n) is 11.0.